The van der Waals surface area contributed by atoms with Gasteiger partial charge in [0.15, 0.2) is 0 Å². The summed E-state index contributed by atoms with van der Waals surface area (Å²) in [7, 11) is 2.11. The van der Waals surface area contributed by atoms with E-state index in [9.17, 15) is 18.0 Å². The second-order valence-electron chi connectivity index (χ2n) is 7.28. The van der Waals surface area contributed by atoms with Gasteiger partial charge in [-0.3, -0.25) is 9.69 Å². The summed E-state index contributed by atoms with van der Waals surface area (Å²) >= 11 is 1.64. The maximum atomic E-state index is 12.4. The number of halogens is 3. The van der Waals surface area contributed by atoms with E-state index >= 15 is 0 Å². The number of imidazole rings is 1. The Kier molecular flexibility index (Phi) is 8.02. The summed E-state index contributed by atoms with van der Waals surface area (Å²) < 4.78 is 33.9. The number of carboxylic acids is 1. The number of rotatable bonds is 5. The van der Waals surface area contributed by atoms with Crippen LogP contribution in [-0.2, 0) is 35.6 Å². The van der Waals surface area contributed by atoms with Gasteiger partial charge in [-0.1, -0.05) is 0 Å². The highest BCUT2D eigenvalue weighted by molar-refractivity contribution is 7.08. The number of hydrogen-bond acceptors (Lipinski definition) is 5. The zero-order chi connectivity index (χ0) is 22.5. The number of nitrogens with zero attached hydrogens (tertiary/aromatic N) is 4. The molecule has 0 radical (unpaired) electrons. The van der Waals surface area contributed by atoms with Crippen LogP contribution in [0.1, 0.15) is 30.9 Å². The molecule has 0 fully saturated rings. The number of thiophene rings is 1. The molecule has 3 rings (SSSR count). The summed E-state index contributed by atoms with van der Waals surface area (Å²) in [4.78, 5) is 30.3. The van der Waals surface area contributed by atoms with Crippen LogP contribution in [0.3, 0.4) is 0 Å². The smallest absolute Gasteiger partial charge is 0.475 e. The molecule has 0 saturated heterocycles. The number of fused-ring (bicyclic) bond motifs is 1. The van der Waals surface area contributed by atoms with Crippen LogP contribution in [0.4, 0.5) is 13.2 Å². The average Bonchev–Trinajstić information content (AvgIpc) is 3.29. The topological polar surface area (TPSA) is 78.7 Å². The lowest BCUT2D eigenvalue weighted by molar-refractivity contribution is -0.192. The van der Waals surface area contributed by atoms with Crippen molar-refractivity contribution in [3.63, 3.8) is 0 Å². The van der Waals surface area contributed by atoms with Crippen LogP contribution in [0, 0.1) is 0 Å². The monoisotopic (exact) mass is 446 g/mol. The molecule has 0 aromatic carbocycles. The minimum absolute atomic E-state index is 0.193. The number of amides is 1. The lowest BCUT2D eigenvalue weighted by Gasteiger charge is -2.27. The van der Waals surface area contributed by atoms with Gasteiger partial charge in [-0.05, 0) is 43.3 Å². The first-order valence-electron chi connectivity index (χ1n) is 9.31. The van der Waals surface area contributed by atoms with Crippen molar-refractivity contribution in [2.24, 2.45) is 0 Å². The number of aromatic nitrogens is 2. The molecule has 0 aliphatic carbocycles. The Bertz CT molecular complexity index is 850. The average molecular weight is 446 g/mol. The Morgan fingerprint density at radius 1 is 1.33 bits per heavy atom. The van der Waals surface area contributed by atoms with Gasteiger partial charge in [-0.25, -0.2) is 9.78 Å². The second kappa shape index (κ2) is 10.1. The third-order valence-corrected chi connectivity index (χ3v) is 5.41. The molecular formula is C19H25F3N4O3S. The fourth-order valence-electron chi connectivity index (χ4n) is 2.72. The highest BCUT2D eigenvalue weighted by Crippen LogP contribution is 2.16. The Labute approximate surface area is 176 Å². The number of hydrogen-bond donors (Lipinski definition) is 1. The highest BCUT2D eigenvalue weighted by Gasteiger charge is 2.38. The maximum absolute atomic E-state index is 12.4. The van der Waals surface area contributed by atoms with Gasteiger partial charge < -0.3 is 14.6 Å². The lowest BCUT2D eigenvalue weighted by atomic mass is 10.2. The molecule has 166 valence electrons. The molecule has 0 atom stereocenters. The van der Waals surface area contributed by atoms with Gasteiger partial charge in [0.2, 0.25) is 5.91 Å². The van der Waals surface area contributed by atoms with E-state index in [0.29, 0.717) is 19.0 Å². The van der Waals surface area contributed by atoms with Crippen molar-refractivity contribution in [1.82, 2.24) is 19.4 Å². The highest BCUT2D eigenvalue weighted by atomic mass is 32.1. The van der Waals surface area contributed by atoms with Gasteiger partial charge in [0.25, 0.3) is 0 Å². The van der Waals surface area contributed by atoms with Crippen molar-refractivity contribution < 1.29 is 27.9 Å². The molecule has 0 bridgehead atoms. The summed E-state index contributed by atoms with van der Waals surface area (Å²) in [6.07, 6.45) is -2.46. The molecule has 7 nitrogen and oxygen atoms in total. The molecule has 1 amide bonds. The van der Waals surface area contributed by atoms with Crippen molar-refractivity contribution in [1.29, 1.82) is 0 Å². The molecule has 0 unspecified atom stereocenters. The fraction of sp³-hybridized carbons (Fsp3) is 0.526. The molecule has 1 aliphatic heterocycles. The summed E-state index contributed by atoms with van der Waals surface area (Å²) in [5, 5.41) is 11.2. The van der Waals surface area contributed by atoms with Gasteiger partial charge in [0.05, 0.1) is 18.7 Å². The molecule has 2 aromatic rings. The maximum Gasteiger partial charge on any atom is 0.490 e. The zero-order valence-corrected chi connectivity index (χ0v) is 17.8. The Morgan fingerprint density at radius 3 is 2.53 bits per heavy atom. The molecule has 0 spiro atoms. The van der Waals surface area contributed by atoms with E-state index in [0.717, 1.165) is 36.7 Å². The van der Waals surface area contributed by atoms with Gasteiger partial charge in [0, 0.05) is 31.9 Å². The van der Waals surface area contributed by atoms with Gasteiger partial charge in [-0.2, -0.15) is 24.5 Å². The molecule has 0 saturated carbocycles. The van der Waals surface area contributed by atoms with Crippen LogP contribution in [0.5, 0.6) is 0 Å². The number of carbonyl (C=O) groups excluding carboxylic acids is 1. The van der Waals surface area contributed by atoms with E-state index < -0.39 is 12.1 Å². The van der Waals surface area contributed by atoms with Gasteiger partial charge in [-0.15, -0.1) is 0 Å². The largest absolute Gasteiger partial charge is 0.490 e. The van der Waals surface area contributed by atoms with Gasteiger partial charge in [0.1, 0.15) is 5.82 Å². The van der Waals surface area contributed by atoms with Crippen LogP contribution in [-0.4, -0.2) is 62.1 Å². The van der Waals surface area contributed by atoms with Crippen LogP contribution >= 0.6 is 11.3 Å². The van der Waals surface area contributed by atoms with E-state index in [1.165, 1.54) is 0 Å². The van der Waals surface area contributed by atoms with Crippen molar-refractivity contribution >= 4 is 23.2 Å². The molecule has 3 heterocycles. The third kappa shape index (κ3) is 6.84. The molecular weight excluding hydrogens is 421 g/mol. The number of aliphatic carboxylic acids is 1. The Morgan fingerprint density at radius 2 is 2.00 bits per heavy atom. The minimum atomic E-state index is -5.08. The van der Waals surface area contributed by atoms with E-state index in [2.05, 4.69) is 36.6 Å². The Hall–Kier alpha value is -2.40. The molecule has 1 N–H and O–H groups in total. The molecule has 30 heavy (non-hydrogen) atoms. The van der Waals surface area contributed by atoms with Crippen LogP contribution in [0.25, 0.3) is 0 Å². The Balaban J connectivity index is 0.000000396. The van der Waals surface area contributed by atoms with Crippen LogP contribution in [0.15, 0.2) is 23.0 Å². The first-order chi connectivity index (χ1) is 14.0. The number of carboxylic acid groups (broad SMARTS) is 1. The van der Waals surface area contributed by atoms with Gasteiger partial charge >= 0.3 is 12.1 Å². The first-order valence-corrected chi connectivity index (χ1v) is 10.3. The first kappa shape index (κ1) is 23.9. The van der Waals surface area contributed by atoms with Crippen molar-refractivity contribution in [2.45, 2.75) is 52.1 Å². The number of carbonyl (C=O) groups is 2. The lowest BCUT2D eigenvalue weighted by Crippen LogP contribution is -2.39. The predicted octanol–water partition coefficient (Wildman–Crippen LogP) is 3.00. The summed E-state index contributed by atoms with van der Waals surface area (Å²) in [5.74, 6) is -1.56. The van der Waals surface area contributed by atoms with E-state index in [4.69, 9.17) is 14.9 Å². The van der Waals surface area contributed by atoms with Crippen LogP contribution < -0.4 is 0 Å². The normalized spacial score (nSPS) is 13.8. The van der Waals surface area contributed by atoms with Crippen molar-refractivity contribution in [2.75, 3.05) is 13.6 Å². The van der Waals surface area contributed by atoms with Crippen molar-refractivity contribution in [3.8, 4) is 0 Å². The third-order valence-electron chi connectivity index (χ3n) is 4.68. The molecule has 1 aliphatic rings. The summed E-state index contributed by atoms with van der Waals surface area (Å²) in [6, 6.07) is 2.52. The second-order valence-corrected chi connectivity index (χ2v) is 8.06. The quantitative estimate of drug-likeness (QED) is 0.764. The summed E-state index contributed by atoms with van der Waals surface area (Å²) in [6.45, 7) is 7.44. The van der Waals surface area contributed by atoms with E-state index in [-0.39, 0.29) is 5.91 Å². The fourth-order valence-corrected chi connectivity index (χ4v) is 3.39. The standard InChI is InChI=1S/C17H24N4OS.C2HF3O2/c1-13(2)19(3)9-15-10-20-5-6-21(11-16(20)18-15)17(22)8-14-4-7-23-12-14;3-2(4,5)1(6)7/h4,7,10,12-13H,5-6,8-9,11H2,1-3H3;(H,6,7). The summed E-state index contributed by atoms with van der Waals surface area (Å²) in [5.41, 5.74) is 2.19. The number of alkyl halides is 3. The van der Waals surface area contributed by atoms with E-state index in [1.54, 1.807) is 11.3 Å². The van der Waals surface area contributed by atoms with E-state index in [1.807, 2.05) is 21.7 Å². The molecule has 2 aromatic heterocycles. The zero-order valence-electron chi connectivity index (χ0n) is 17.0. The predicted molar refractivity (Wildman–Crippen MR) is 106 cm³/mol. The minimum Gasteiger partial charge on any atom is -0.475 e. The van der Waals surface area contributed by atoms with Crippen LogP contribution in [0.2, 0.25) is 0 Å². The SMILES string of the molecule is CC(C)N(C)Cc1cn2c(n1)CN(C(=O)Cc1ccsc1)CC2.O=C(O)C(F)(F)F. The van der Waals surface area contributed by atoms with Crippen molar-refractivity contribution in [3.05, 3.63) is 40.1 Å². The molecule has 11 heteroatoms.